The lowest BCUT2D eigenvalue weighted by molar-refractivity contribution is -0.133. The molecule has 0 aliphatic rings. The molecule has 0 bridgehead atoms. The summed E-state index contributed by atoms with van der Waals surface area (Å²) in [6.07, 6.45) is 0. The molecule has 0 saturated heterocycles. The fourth-order valence-electron chi connectivity index (χ4n) is 1.75. The van der Waals surface area contributed by atoms with E-state index >= 15 is 0 Å². The van der Waals surface area contributed by atoms with Gasteiger partial charge in [-0.15, -0.1) is 0 Å². The summed E-state index contributed by atoms with van der Waals surface area (Å²) in [6.45, 7) is 4.20. The van der Waals surface area contributed by atoms with Crippen LogP contribution >= 0.6 is 0 Å². The lowest BCUT2D eigenvalue weighted by Crippen LogP contribution is -2.28. The molecule has 4 nitrogen and oxygen atoms in total. The number of hydrogen-bond donors (Lipinski definition) is 1. The number of benzene rings is 1. The number of aliphatic hydroxyl groups is 1. The maximum absolute atomic E-state index is 11.4. The number of carbonyl (C=O) groups is 1. The fourth-order valence-corrected chi connectivity index (χ4v) is 1.75. The Kier molecular flexibility index (Phi) is 5.16. The number of aliphatic hydroxyl groups excluding tert-OH is 1. The highest BCUT2D eigenvalue weighted by Crippen LogP contribution is 2.25. The van der Waals surface area contributed by atoms with Crippen LogP contribution in [-0.2, 0) is 11.3 Å². The second kappa shape index (κ2) is 6.40. The van der Waals surface area contributed by atoms with Crippen LogP contribution < -0.4 is 4.74 Å². The van der Waals surface area contributed by atoms with Crippen molar-refractivity contribution in [3.8, 4) is 5.75 Å². The van der Waals surface area contributed by atoms with E-state index in [0.29, 0.717) is 12.5 Å². The van der Waals surface area contributed by atoms with Crippen molar-refractivity contribution in [2.45, 2.75) is 26.3 Å². The van der Waals surface area contributed by atoms with E-state index in [2.05, 4.69) is 13.8 Å². The van der Waals surface area contributed by atoms with Crippen LogP contribution in [0.1, 0.15) is 30.9 Å². The van der Waals surface area contributed by atoms with E-state index in [0.717, 1.165) is 11.3 Å². The molecule has 4 heteroatoms. The summed E-state index contributed by atoms with van der Waals surface area (Å²) in [5.74, 6) is 0.887. The van der Waals surface area contributed by atoms with Crippen molar-refractivity contribution in [2.75, 3.05) is 20.8 Å². The van der Waals surface area contributed by atoms with Crippen molar-refractivity contribution in [2.24, 2.45) is 0 Å². The summed E-state index contributed by atoms with van der Waals surface area (Å²) >= 11 is 0. The van der Waals surface area contributed by atoms with Gasteiger partial charge in [-0.05, 0) is 17.5 Å². The third-order valence-electron chi connectivity index (χ3n) is 2.94. The van der Waals surface area contributed by atoms with Gasteiger partial charge in [0.2, 0.25) is 5.91 Å². The molecule has 100 valence electrons. The molecule has 0 aliphatic heterocycles. The zero-order chi connectivity index (χ0) is 13.7. The van der Waals surface area contributed by atoms with E-state index < -0.39 is 6.61 Å². The number of amides is 1. The number of hydrogen-bond acceptors (Lipinski definition) is 3. The Morgan fingerprint density at radius 3 is 2.61 bits per heavy atom. The van der Waals surface area contributed by atoms with Gasteiger partial charge in [0.25, 0.3) is 0 Å². The monoisotopic (exact) mass is 251 g/mol. The van der Waals surface area contributed by atoms with Crippen LogP contribution in [-0.4, -0.2) is 36.7 Å². The third kappa shape index (κ3) is 3.47. The second-order valence-electron chi connectivity index (χ2n) is 4.63. The highest BCUT2D eigenvalue weighted by Gasteiger charge is 2.12. The number of ether oxygens (including phenoxy) is 1. The van der Waals surface area contributed by atoms with Crippen molar-refractivity contribution < 1.29 is 14.6 Å². The first-order chi connectivity index (χ1) is 8.49. The molecule has 0 heterocycles. The number of likely N-dealkylation sites (N-methyl/N-ethyl adjacent to an activating group) is 1. The van der Waals surface area contributed by atoms with Gasteiger partial charge in [0.05, 0.1) is 7.11 Å². The van der Waals surface area contributed by atoms with Crippen molar-refractivity contribution >= 4 is 5.91 Å². The van der Waals surface area contributed by atoms with Crippen LogP contribution in [0.3, 0.4) is 0 Å². The van der Waals surface area contributed by atoms with E-state index in [1.165, 1.54) is 10.5 Å². The maximum Gasteiger partial charge on any atom is 0.248 e. The molecule has 0 radical (unpaired) electrons. The standard InChI is InChI=1S/C14H21NO3/c1-10(2)11-5-6-13(18-4)12(7-11)8-15(3)14(17)9-16/h5-7,10,16H,8-9H2,1-4H3. The lowest BCUT2D eigenvalue weighted by atomic mass is 10.00. The van der Waals surface area contributed by atoms with Gasteiger partial charge in [-0.1, -0.05) is 26.0 Å². The average Bonchev–Trinajstić information content (AvgIpc) is 2.37. The largest absolute Gasteiger partial charge is 0.496 e. The van der Waals surface area contributed by atoms with Crippen LogP contribution in [0.15, 0.2) is 18.2 Å². The van der Waals surface area contributed by atoms with E-state index in [1.54, 1.807) is 14.2 Å². The molecule has 1 amide bonds. The van der Waals surface area contributed by atoms with Gasteiger partial charge >= 0.3 is 0 Å². The Bertz CT molecular complexity index is 416. The van der Waals surface area contributed by atoms with Crippen LogP contribution in [0.5, 0.6) is 5.75 Å². The normalized spacial score (nSPS) is 10.6. The Labute approximate surface area is 108 Å². The zero-order valence-electron chi connectivity index (χ0n) is 11.4. The molecule has 0 aliphatic carbocycles. The van der Waals surface area contributed by atoms with E-state index in [4.69, 9.17) is 9.84 Å². The van der Waals surface area contributed by atoms with Gasteiger partial charge in [-0.3, -0.25) is 4.79 Å². The van der Waals surface area contributed by atoms with Crippen LogP contribution in [0.2, 0.25) is 0 Å². The van der Waals surface area contributed by atoms with Gasteiger partial charge in [-0.25, -0.2) is 0 Å². The summed E-state index contributed by atoms with van der Waals surface area (Å²) in [4.78, 5) is 12.9. The fraction of sp³-hybridized carbons (Fsp3) is 0.500. The molecular weight excluding hydrogens is 230 g/mol. The zero-order valence-corrected chi connectivity index (χ0v) is 11.4. The number of rotatable bonds is 5. The molecule has 0 aromatic heterocycles. The minimum absolute atomic E-state index is 0.299. The first kappa shape index (κ1) is 14.5. The average molecular weight is 251 g/mol. The summed E-state index contributed by atoms with van der Waals surface area (Å²) in [6, 6.07) is 5.99. The Morgan fingerprint density at radius 1 is 1.44 bits per heavy atom. The Morgan fingerprint density at radius 2 is 2.11 bits per heavy atom. The van der Waals surface area contributed by atoms with Gasteiger partial charge in [0, 0.05) is 19.2 Å². The predicted octanol–water partition coefficient (Wildman–Crippen LogP) is 1.77. The van der Waals surface area contributed by atoms with Crippen LogP contribution in [0, 0.1) is 0 Å². The molecule has 1 aromatic rings. The number of nitrogens with zero attached hydrogens (tertiary/aromatic N) is 1. The van der Waals surface area contributed by atoms with Gasteiger partial charge in [0.15, 0.2) is 0 Å². The molecule has 1 rings (SSSR count). The lowest BCUT2D eigenvalue weighted by Gasteiger charge is -2.19. The van der Waals surface area contributed by atoms with Crippen LogP contribution in [0.4, 0.5) is 0 Å². The number of carbonyl (C=O) groups excluding carboxylic acids is 1. The molecule has 0 fully saturated rings. The molecule has 1 aromatic carbocycles. The Balaban J connectivity index is 2.97. The molecule has 0 unspecified atom stereocenters. The summed E-state index contributed by atoms with van der Waals surface area (Å²) < 4.78 is 5.29. The Hall–Kier alpha value is -1.55. The topological polar surface area (TPSA) is 49.8 Å². The molecule has 18 heavy (non-hydrogen) atoms. The van der Waals surface area contributed by atoms with Crippen molar-refractivity contribution in [1.29, 1.82) is 0 Å². The van der Waals surface area contributed by atoms with E-state index in [-0.39, 0.29) is 5.91 Å². The minimum Gasteiger partial charge on any atom is -0.496 e. The summed E-state index contributed by atoms with van der Waals surface area (Å²) in [5, 5.41) is 8.83. The number of methoxy groups -OCH3 is 1. The van der Waals surface area contributed by atoms with Crippen molar-refractivity contribution in [3.05, 3.63) is 29.3 Å². The molecule has 0 saturated carbocycles. The van der Waals surface area contributed by atoms with Crippen molar-refractivity contribution in [3.63, 3.8) is 0 Å². The summed E-state index contributed by atoms with van der Waals surface area (Å²) in [7, 11) is 3.28. The molecule has 0 spiro atoms. The minimum atomic E-state index is -0.470. The quantitative estimate of drug-likeness (QED) is 0.867. The molecule has 1 N–H and O–H groups in total. The predicted molar refractivity (Wildman–Crippen MR) is 70.6 cm³/mol. The second-order valence-corrected chi connectivity index (χ2v) is 4.63. The first-order valence-electron chi connectivity index (χ1n) is 6.01. The highest BCUT2D eigenvalue weighted by molar-refractivity contribution is 5.76. The van der Waals surface area contributed by atoms with E-state index in [9.17, 15) is 4.79 Å². The van der Waals surface area contributed by atoms with Gasteiger partial charge in [0.1, 0.15) is 12.4 Å². The maximum atomic E-state index is 11.4. The third-order valence-corrected chi connectivity index (χ3v) is 2.94. The van der Waals surface area contributed by atoms with Gasteiger partial charge in [-0.2, -0.15) is 0 Å². The smallest absolute Gasteiger partial charge is 0.248 e. The highest BCUT2D eigenvalue weighted by atomic mass is 16.5. The molecular formula is C14H21NO3. The van der Waals surface area contributed by atoms with Crippen molar-refractivity contribution in [1.82, 2.24) is 4.90 Å². The SMILES string of the molecule is COc1ccc(C(C)C)cc1CN(C)C(=O)CO. The molecule has 0 atom stereocenters. The van der Waals surface area contributed by atoms with Gasteiger partial charge < -0.3 is 14.7 Å². The summed E-state index contributed by atoms with van der Waals surface area (Å²) in [5.41, 5.74) is 2.16. The van der Waals surface area contributed by atoms with E-state index in [1.807, 2.05) is 18.2 Å². The van der Waals surface area contributed by atoms with Crippen LogP contribution in [0.25, 0.3) is 0 Å². The first-order valence-corrected chi connectivity index (χ1v) is 6.01.